The van der Waals surface area contributed by atoms with Gasteiger partial charge in [0.1, 0.15) is 6.07 Å². The third-order valence-electron chi connectivity index (χ3n) is 2.02. The van der Waals surface area contributed by atoms with Crippen LogP contribution in [-0.4, -0.2) is 0 Å². The maximum Gasteiger partial charge on any atom is 0.101 e. The molecule has 1 aromatic carbocycles. The van der Waals surface area contributed by atoms with Crippen LogP contribution in [0.15, 0.2) is 23.6 Å². The number of thiophene rings is 1. The van der Waals surface area contributed by atoms with Crippen LogP contribution in [0.3, 0.4) is 0 Å². The first kappa shape index (κ1) is 8.24. The zero-order chi connectivity index (χ0) is 9.26. The van der Waals surface area contributed by atoms with Crippen molar-refractivity contribution in [3.8, 4) is 6.07 Å². The second-order valence-corrected chi connectivity index (χ2v) is 3.64. The molecule has 0 saturated carbocycles. The average Bonchev–Trinajstić information content (AvgIpc) is 2.60. The molecular weight excluding hydrogens is 180 g/mol. The van der Waals surface area contributed by atoms with E-state index in [1.54, 1.807) is 11.3 Å². The fourth-order valence-electron chi connectivity index (χ4n) is 1.36. The zero-order valence-electron chi connectivity index (χ0n) is 6.95. The van der Waals surface area contributed by atoms with Crippen LogP contribution in [0.4, 0.5) is 0 Å². The van der Waals surface area contributed by atoms with E-state index in [0.717, 1.165) is 21.2 Å². The molecule has 0 amide bonds. The number of rotatable bonds is 1. The van der Waals surface area contributed by atoms with E-state index in [1.807, 2.05) is 23.6 Å². The minimum Gasteiger partial charge on any atom is -0.326 e. The van der Waals surface area contributed by atoms with Gasteiger partial charge in [0.15, 0.2) is 0 Å². The Balaban J connectivity index is 2.81. The van der Waals surface area contributed by atoms with E-state index in [4.69, 9.17) is 11.0 Å². The van der Waals surface area contributed by atoms with Crippen LogP contribution in [-0.2, 0) is 6.54 Å². The van der Waals surface area contributed by atoms with E-state index < -0.39 is 0 Å². The van der Waals surface area contributed by atoms with Crippen molar-refractivity contribution in [3.05, 3.63) is 34.7 Å². The van der Waals surface area contributed by atoms with Gasteiger partial charge in [0.2, 0.25) is 0 Å². The molecule has 3 heteroatoms. The molecule has 2 N–H and O–H groups in total. The summed E-state index contributed by atoms with van der Waals surface area (Å²) in [7, 11) is 0. The lowest BCUT2D eigenvalue weighted by atomic mass is 10.1. The number of nitriles is 1. The topological polar surface area (TPSA) is 49.8 Å². The van der Waals surface area contributed by atoms with Gasteiger partial charge in [-0.1, -0.05) is 18.2 Å². The maximum absolute atomic E-state index is 8.81. The van der Waals surface area contributed by atoms with Crippen LogP contribution in [0, 0.1) is 11.3 Å². The van der Waals surface area contributed by atoms with Gasteiger partial charge in [-0.05, 0) is 5.56 Å². The second kappa shape index (κ2) is 3.17. The lowest BCUT2D eigenvalue weighted by Crippen LogP contribution is -1.95. The molecule has 0 unspecified atom stereocenters. The van der Waals surface area contributed by atoms with Crippen molar-refractivity contribution in [2.24, 2.45) is 5.73 Å². The second-order valence-electron chi connectivity index (χ2n) is 2.76. The van der Waals surface area contributed by atoms with Crippen LogP contribution < -0.4 is 5.73 Å². The molecule has 2 aromatic rings. The standard InChI is InChI=1S/C10H8N2S/c11-4-7-2-1-3-9-8(5-12)6-13-10(7)9/h1-3,6H,4,11H2. The molecule has 2 rings (SSSR count). The molecule has 1 heterocycles. The summed E-state index contributed by atoms with van der Waals surface area (Å²) < 4.78 is 1.14. The molecule has 0 aliphatic carbocycles. The molecule has 0 bridgehead atoms. The number of fused-ring (bicyclic) bond motifs is 1. The summed E-state index contributed by atoms with van der Waals surface area (Å²) in [6.07, 6.45) is 0. The summed E-state index contributed by atoms with van der Waals surface area (Å²) in [6.45, 7) is 0.530. The Labute approximate surface area is 80.2 Å². The zero-order valence-corrected chi connectivity index (χ0v) is 7.77. The molecular formula is C10H8N2S. The van der Waals surface area contributed by atoms with Crippen LogP contribution in [0.2, 0.25) is 0 Å². The molecule has 0 spiro atoms. The van der Waals surface area contributed by atoms with Gasteiger partial charge >= 0.3 is 0 Å². The molecule has 0 aliphatic rings. The predicted octanol–water partition coefficient (Wildman–Crippen LogP) is 2.23. The van der Waals surface area contributed by atoms with Crippen molar-refractivity contribution in [2.75, 3.05) is 0 Å². The number of benzene rings is 1. The smallest absolute Gasteiger partial charge is 0.101 e. The first-order valence-electron chi connectivity index (χ1n) is 3.96. The van der Waals surface area contributed by atoms with Gasteiger partial charge < -0.3 is 5.73 Å². The third kappa shape index (κ3) is 1.21. The fourth-order valence-corrected chi connectivity index (χ4v) is 2.39. The summed E-state index contributed by atoms with van der Waals surface area (Å²) in [6, 6.07) is 8.08. The third-order valence-corrected chi connectivity index (χ3v) is 3.09. The number of nitrogens with zero attached hydrogens (tertiary/aromatic N) is 1. The van der Waals surface area contributed by atoms with E-state index in [9.17, 15) is 0 Å². The molecule has 0 saturated heterocycles. The number of hydrogen-bond donors (Lipinski definition) is 1. The van der Waals surface area contributed by atoms with E-state index in [2.05, 4.69) is 6.07 Å². The molecule has 2 nitrogen and oxygen atoms in total. The number of hydrogen-bond acceptors (Lipinski definition) is 3. The summed E-state index contributed by atoms with van der Waals surface area (Å²) in [5.74, 6) is 0. The van der Waals surface area contributed by atoms with Gasteiger partial charge in [-0.2, -0.15) is 5.26 Å². The van der Waals surface area contributed by atoms with Crippen LogP contribution in [0.25, 0.3) is 10.1 Å². The largest absolute Gasteiger partial charge is 0.326 e. The van der Waals surface area contributed by atoms with Crippen molar-refractivity contribution < 1.29 is 0 Å². The monoisotopic (exact) mass is 188 g/mol. The molecule has 0 aliphatic heterocycles. The van der Waals surface area contributed by atoms with Crippen molar-refractivity contribution in [1.82, 2.24) is 0 Å². The van der Waals surface area contributed by atoms with Crippen LogP contribution in [0.5, 0.6) is 0 Å². The van der Waals surface area contributed by atoms with Crippen molar-refractivity contribution in [2.45, 2.75) is 6.54 Å². The lowest BCUT2D eigenvalue weighted by Gasteiger charge is -1.97. The average molecular weight is 188 g/mol. The summed E-state index contributed by atoms with van der Waals surface area (Å²) in [5.41, 5.74) is 7.45. The highest BCUT2D eigenvalue weighted by atomic mass is 32.1. The first-order chi connectivity index (χ1) is 6.36. The summed E-state index contributed by atoms with van der Waals surface area (Å²) >= 11 is 1.59. The minimum absolute atomic E-state index is 0.530. The summed E-state index contributed by atoms with van der Waals surface area (Å²) in [5, 5.41) is 11.7. The highest BCUT2D eigenvalue weighted by Crippen LogP contribution is 2.28. The van der Waals surface area contributed by atoms with Crippen LogP contribution in [0.1, 0.15) is 11.1 Å². The molecule has 0 radical (unpaired) electrons. The lowest BCUT2D eigenvalue weighted by molar-refractivity contribution is 1.09. The highest BCUT2D eigenvalue weighted by molar-refractivity contribution is 7.17. The maximum atomic E-state index is 8.81. The SMILES string of the molecule is N#Cc1csc2c(CN)cccc12. The Morgan fingerprint density at radius 1 is 1.46 bits per heavy atom. The normalized spacial score (nSPS) is 10.2. The van der Waals surface area contributed by atoms with E-state index in [-0.39, 0.29) is 0 Å². The molecule has 1 aromatic heterocycles. The van der Waals surface area contributed by atoms with E-state index >= 15 is 0 Å². The molecule has 13 heavy (non-hydrogen) atoms. The first-order valence-corrected chi connectivity index (χ1v) is 4.84. The Bertz CT molecular complexity index is 479. The molecule has 64 valence electrons. The minimum atomic E-state index is 0.530. The van der Waals surface area contributed by atoms with Gasteiger partial charge in [0.05, 0.1) is 5.56 Å². The Kier molecular flexibility index (Phi) is 2.01. The predicted molar refractivity (Wildman–Crippen MR) is 54.4 cm³/mol. The molecule has 0 atom stereocenters. The van der Waals surface area contributed by atoms with Gasteiger partial charge in [0, 0.05) is 22.0 Å². The van der Waals surface area contributed by atoms with Gasteiger partial charge in [-0.25, -0.2) is 0 Å². The van der Waals surface area contributed by atoms with E-state index in [0.29, 0.717) is 6.54 Å². The van der Waals surface area contributed by atoms with Gasteiger partial charge in [0.25, 0.3) is 0 Å². The van der Waals surface area contributed by atoms with E-state index in [1.165, 1.54) is 0 Å². The van der Waals surface area contributed by atoms with Crippen molar-refractivity contribution in [3.63, 3.8) is 0 Å². The highest BCUT2D eigenvalue weighted by Gasteiger charge is 2.05. The van der Waals surface area contributed by atoms with Crippen molar-refractivity contribution >= 4 is 21.4 Å². The van der Waals surface area contributed by atoms with Gasteiger partial charge in [-0.15, -0.1) is 11.3 Å². The Hall–Kier alpha value is -1.37. The fraction of sp³-hybridized carbons (Fsp3) is 0.100. The van der Waals surface area contributed by atoms with Crippen molar-refractivity contribution in [1.29, 1.82) is 5.26 Å². The van der Waals surface area contributed by atoms with Crippen LogP contribution >= 0.6 is 11.3 Å². The van der Waals surface area contributed by atoms with Gasteiger partial charge in [-0.3, -0.25) is 0 Å². The number of nitrogens with two attached hydrogens (primary N) is 1. The Morgan fingerprint density at radius 2 is 2.31 bits per heavy atom. The Morgan fingerprint density at radius 3 is 3.00 bits per heavy atom. The summed E-state index contributed by atoms with van der Waals surface area (Å²) in [4.78, 5) is 0. The quantitative estimate of drug-likeness (QED) is 0.746. The molecule has 0 fully saturated rings.